The lowest BCUT2D eigenvalue weighted by Crippen LogP contribution is -2.18. The van der Waals surface area contributed by atoms with Crippen molar-refractivity contribution < 1.29 is 0 Å². The molecule has 0 saturated heterocycles. The molecule has 0 aliphatic carbocycles. The van der Waals surface area contributed by atoms with Gasteiger partial charge >= 0.3 is 5.69 Å². The molecule has 0 aliphatic rings. The number of nitrogens with zero attached hydrogens (tertiary/aromatic N) is 3. The highest BCUT2D eigenvalue weighted by Gasteiger charge is 2.11. The number of imidazole rings is 1. The molecule has 0 amide bonds. The summed E-state index contributed by atoms with van der Waals surface area (Å²) in [6, 6.07) is 7.66. The summed E-state index contributed by atoms with van der Waals surface area (Å²) in [6.07, 6.45) is 3.46. The molecule has 0 saturated carbocycles. The summed E-state index contributed by atoms with van der Waals surface area (Å²) < 4.78 is 1.67. The van der Waals surface area contributed by atoms with Crippen LogP contribution in [0, 0.1) is 0 Å². The van der Waals surface area contributed by atoms with Gasteiger partial charge in [0.2, 0.25) is 0 Å². The van der Waals surface area contributed by atoms with Crippen molar-refractivity contribution in [2.24, 2.45) is 0 Å². The minimum atomic E-state index is -0.121. The molecular weight excluding hydrogens is 240 g/mol. The van der Waals surface area contributed by atoms with Crippen molar-refractivity contribution in [2.45, 2.75) is 19.9 Å². The predicted octanol–water partition coefficient (Wildman–Crippen LogP) is 2.37. The van der Waals surface area contributed by atoms with Crippen molar-refractivity contribution in [1.82, 2.24) is 19.5 Å². The first-order valence-corrected chi connectivity index (χ1v) is 6.18. The van der Waals surface area contributed by atoms with Gasteiger partial charge in [-0.15, -0.1) is 0 Å². The van der Waals surface area contributed by atoms with Crippen LogP contribution in [0.2, 0.25) is 0 Å². The molecule has 0 radical (unpaired) electrons. The van der Waals surface area contributed by atoms with E-state index in [2.05, 4.69) is 15.0 Å². The highest BCUT2D eigenvalue weighted by atomic mass is 16.1. The second-order valence-corrected chi connectivity index (χ2v) is 4.70. The van der Waals surface area contributed by atoms with Gasteiger partial charge < -0.3 is 4.98 Å². The van der Waals surface area contributed by atoms with Gasteiger partial charge in [0, 0.05) is 24.0 Å². The molecule has 0 aliphatic heterocycles. The normalized spacial score (nSPS) is 11.3. The first-order valence-electron chi connectivity index (χ1n) is 6.18. The standard InChI is InChI=1S/C14H14N4O/c1-9(2)18-13-12(17-14(18)19)4-3-11(16-13)10-5-7-15-8-6-10/h3-9H,1-2H3,(H,17,19). The fraction of sp³-hybridized carbons (Fsp3) is 0.214. The van der Waals surface area contributed by atoms with Crippen LogP contribution in [-0.4, -0.2) is 19.5 Å². The van der Waals surface area contributed by atoms with Gasteiger partial charge in [-0.3, -0.25) is 9.55 Å². The summed E-state index contributed by atoms with van der Waals surface area (Å²) in [5.74, 6) is 0. The van der Waals surface area contributed by atoms with Crippen LogP contribution >= 0.6 is 0 Å². The molecule has 19 heavy (non-hydrogen) atoms. The van der Waals surface area contributed by atoms with Crippen LogP contribution in [0.25, 0.3) is 22.4 Å². The summed E-state index contributed by atoms with van der Waals surface area (Å²) in [5, 5.41) is 0. The Labute approximate surface area is 110 Å². The molecule has 3 rings (SSSR count). The summed E-state index contributed by atoms with van der Waals surface area (Å²) in [5.41, 5.74) is 3.15. The molecule has 0 spiro atoms. The van der Waals surface area contributed by atoms with Crippen LogP contribution in [0.5, 0.6) is 0 Å². The maximum Gasteiger partial charge on any atom is 0.327 e. The third kappa shape index (κ3) is 1.93. The number of pyridine rings is 2. The van der Waals surface area contributed by atoms with Gasteiger partial charge in [0.05, 0.1) is 11.2 Å². The molecular formula is C14H14N4O. The maximum atomic E-state index is 11.9. The maximum absolute atomic E-state index is 11.9. The number of hydrogen-bond donors (Lipinski definition) is 1. The number of nitrogens with one attached hydrogen (secondary N) is 1. The molecule has 5 heteroatoms. The first kappa shape index (κ1) is 11.6. The number of aromatic amines is 1. The highest BCUT2D eigenvalue weighted by molar-refractivity contribution is 5.75. The number of rotatable bonds is 2. The Hall–Kier alpha value is -2.43. The van der Waals surface area contributed by atoms with Gasteiger partial charge in [0.25, 0.3) is 0 Å². The van der Waals surface area contributed by atoms with Gasteiger partial charge in [-0.1, -0.05) is 0 Å². The van der Waals surface area contributed by atoms with E-state index in [-0.39, 0.29) is 11.7 Å². The lowest BCUT2D eigenvalue weighted by Gasteiger charge is -2.07. The minimum absolute atomic E-state index is 0.0708. The molecule has 96 valence electrons. The smallest absolute Gasteiger partial charge is 0.304 e. The monoisotopic (exact) mass is 254 g/mol. The lowest BCUT2D eigenvalue weighted by atomic mass is 10.2. The Morgan fingerprint density at radius 1 is 1.16 bits per heavy atom. The first-order chi connectivity index (χ1) is 9.16. The van der Waals surface area contributed by atoms with E-state index >= 15 is 0 Å². The molecule has 0 aromatic carbocycles. The van der Waals surface area contributed by atoms with Crippen molar-refractivity contribution in [2.75, 3.05) is 0 Å². The minimum Gasteiger partial charge on any atom is -0.304 e. The zero-order valence-electron chi connectivity index (χ0n) is 10.8. The average molecular weight is 254 g/mol. The third-order valence-electron chi connectivity index (χ3n) is 3.06. The summed E-state index contributed by atoms with van der Waals surface area (Å²) in [6.45, 7) is 3.94. The number of H-pyrrole nitrogens is 1. The van der Waals surface area contributed by atoms with Gasteiger partial charge in [-0.05, 0) is 38.1 Å². The topological polar surface area (TPSA) is 63.6 Å². The summed E-state index contributed by atoms with van der Waals surface area (Å²) in [7, 11) is 0. The largest absolute Gasteiger partial charge is 0.327 e. The van der Waals surface area contributed by atoms with E-state index in [4.69, 9.17) is 0 Å². The van der Waals surface area contributed by atoms with Gasteiger partial charge in [0.15, 0.2) is 5.65 Å². The van der Waals surface area contributed by atoms with Crippen LogP contribution in [-0.2, 0) is 0 Å². The van der Waals surface area contributed by atoms with Crippen molar-refractivity contribution >= 4 is 11.2 Å². The predicted molar refractivity (Wildman–Crippen MR) is 74.0 cm³/mol. The van der Waals surface area contributed by atoms with E-state index in [1.165, 1.54) is 0 Å². The molecule has 0 atom stereocenters. The second kappa shape index (κ2) is 4.35. The average Bonchev–Trinajstić information content (AvgIpc) is 2.74. The van der Waals surface area contributed by atoms with E-state index in [9.17, 15) is 4.79 Å². The molecule has 3 aromatic rings. The highest BCUT2D eigenvalue weighted by Crippen LogP contribution is 2.20. The Kier molecular flexibility index (Phi) is 2.67. The Morgan fingerprint density at radius 3 is 2.58 bits per heavy atom. The number of aromatic nitrogens is 4. The molecule has 0 fully saturated rings. The second-order valence-electron chi connectivity index (χ2n) is 4.70. The lowest BCUT2D eigenvalue weighted by molar-refractivity contribution is 0.593. The number of hydrogen-bond acceptors (Lipinski definition) is 3. The molecule has 0 unspecified atom stereocenters. The van der Waals surface area contributed by atoms with E-state index in [1.54, 1.807) is 17.0 Å². The zero-order valence-corrected chi connectivity index (χ0v) is 10.8. The fourth-order valence-electron chi connectivity index (χ4n) is 2.16. The van der Waals surface area contributed by atoms with Crippen molar-refractivity contribution in [3.8, 4) is 11.3 Å². The molecule has 5 nitrogen and oxygen atoms in total. The van der Waals surface area contributed by atoms with E-state index in [1.807, 2.05) is 38.1 Å². The van der Waals surface area contributed by atoms with Crippen LogP contribution in [0.4, 0.5) is 0 Å². The zero-order chi connectivity index (χ0) is 13.4. The van der Waals surface area contributed by atoms with Crippen molar-refractivity contribution in [1.29, 1.82) is 0 Å². The van der Waals surface area contributed by atoms with Crippen LogP contribution < -0.4 is 5.69 Å². The Balaban J connectivity index is 2.26. The Bertz CT molecular complexity index is 771. The quantitative estimate of drug-likeness (QED) is 0.763. The van der Waals surface area contributed by atoms with Crippen molar-refractivity contribution in [3.63, 3.8) is 0 Å². The third-order valence-corrected chi connectivity index (χ3v) is 3.06. The fourth-order valence-corrected chi connectivity index (χ4v) is 2.16. The number of fused-ring (bicyclic) bond motifs is 1. The Morgan fingerprint density at radius 2 is 1.89 bits per heavy atom. The van der Waals surface area contributed by atoms with E-state index in [0.717, 1.165) is 16.8 Å². The van der Waals surface area contributed by atoms with Gasteiger partial charge in [-0.25, -0.2) is 9.78 Å². The van der Waals surface area contributed by atoms with Gasteiger partial charge in [-0.2, -0.15) is 0 Å². The van der Waals surface area contributed by atoms with E-state index in [0.29, 0.717) is 5.65 Å². The molecule has 3 aromatic heterocycles. The summed E-state index contributed by atoms with van der Waals surface area (Å²) in [4.78, 5) is 23.3. The molecule has 0 bridgehead atoms. The van der Waals surface area contributed by atoms with Crippen LogP contribution in [0.15, 0.2) is 41.5 Å². The van der Waals surface area contributed by atoms with Crippen molar-refractivity contribution in [3.05, 3.63) is 47.1 Å². The van der Waals surface area contributed by atoms with Crippen LogP contribution in [0.1, 0.15) is 19.9 Å². The van der Waals surface area contributed by atoms with Crippen LogP contribution in [0.3, 0.4) is 0 Å². The van der Waals surface area contributed by atoms with E-state index < -0.39 is 0 Å². The summed E-state index contributed by atoms with van der Waals surface area (Å²) >= 11 is 0. The SMILES string of the molecule is CC(C)n1c(=O)[nH]c2ccc(-c3ccncc3)nc21. The molecule has 3 heterocycles. The molecule has 1 N–H and O–H groups in total. The van der Waals surface area contributed by atoms with Gasteiger partial charge in [0.1, 0.15) is 0 Å².